The number of para-hydroxylation sites is 1. The molecule has 90 valence electrons. The monoisotopic (exact) mass is 251 g/mol. The highest BCUT2D eigenvalue weighted by molar-refractivity contribution is 7.90. The van der Waals surface area contributed by atoms with Crippen molar-refractivity contribution in [3.05, 3.63) is 35.7 Å². The van der Waals surface area contributed by atoms with Gasteiger partial charge < -0.3 is 0 Å². The number of sulfone groups is 1. The van der Waals surface area contributed by atoms with Crippen LogP contribution in [0.3, 0.4) is 0 Å². The first kappa shape index (κ1) is 11.8. The van der Waals surface area contributed by atoms with Crippen molar-refractivity contribution in [2.24, 2.45) is 0 Å². The number of hydrogen-bond donors (Lipinski definition) is 0. The van der Waals surface area contributed by atoms with E-state index in [0.29, 0.717) is 5.82 Å². The van der Waals surface area contributed by atoms with Gasteiger partial charge in [-0.05, 0) is 25.5 Å². The van der Waals surface area contributed by atoms with Gasteiger partial charge in [0.2, 0.25) is 9.84 Å². The fraction of sp³-hybridized carbons (Fsp3) is 0.273. The Hall–Kier alpha value is -1.69. The molecule has 0 aliphatic carbocycles. The zero-order chi connectivity index (χ0) is 12.6. The molecule has 0 unspecified atom stereocenters. The normalized spacial score (nSPS) is 11.7. The summed E-state index contributed by atoms with van der Waals surface area (Å²) in [6, 6.07) is 7.52. The number of aryl methyl sites for hydroxylation is 2. The Labute approximate surface area is 100 Å². The summed E-state index contributed by atoms with van der Waals surface area (Å²) in [6.07, 6.45) is 1.13. The van der Waals surface area contributed by atoms with Gasteiger partial charge in [0, 0.05) is 6.26 Å². The van der Waals surface area contributed by atoms with Crippen molar-refractivity contribution >= 4 is 9.84 Å². The van der Waals surface area contributed by atoms with Gasteiger partial charge in [0.1, 0.15) is 5.82 Å². The van der Waals surface area contributed by atoms with Crippen molar-refractivity contribution in [2.45, 2.75) is 19.0 Å². The van der Waals surface area contributed by atoms with Gasteiger partial charge in [-0.3, -0.25) is 4.57 Å². The molecule has 0 aliphatic heterocycles. The Balaban J connectivity index is 2.77. The van der Waals surface area contributed by atoms with Crippen LogP contribution in [0.2, 0.25) is 0 Å². The number of rotatable bonds is 2. The Morgan fingerprint density at radius 2 is 1.76 bits per heavy atom. The largest absolute Gasteiger partial charge is 0.270 e. The summed E-state index contributed by atoms with van der Waals surface area (Å²) in [7, 11) is -3.39. The molecule has 0 N–H and O–H groups in total. The van der Waals surface area contributed by atoms with Crippen molar-refractivity contribution < 1.29 is 8.42 Å². The molecular formula is C11H13N3O2S. The molecule has 0 saturated carbocycles. The van der Waals surface area contributed by atoms with Crippen LogP contribution in [0.5, 0.6) is 0 Å². The molecule has 0 fully saturated rings. The predicted molar refractivity (Wildman–Crippen MR) is 63.9 cm³/mol. The van der Waals surface area contributed by atoms with Crippen molar-refractivity contribution in [3.8, 4) is 5.69 Å². The van der Waals surface area contributed by atoms with Crippen LogP contribution < -0.4 is 0 Å². The molecule has 1 aromatic carbocycles. The second kappa shape index (κ2) is 3.96. The van der Waals surface area contributed by atoms with E-state index in [1.165, 1.54) is 0 Å². The molecule has 0 saturated heterocycles. The lowest BCUT2D eigenvalue weighted by molar-refractivity contribution is 0.589. The quantitative estimate of drug-likeness (QED) is 0.806. The van der Waals surface area contributed by atoms with Crippen molar-refractivity contribution in [1.29, 1.82) is 0 Å². The van der Waals surface area contributed by atoms with E-state index in [9.17, 15) is 8.42 Å². The molecule has 0 radical (unpaired) electrons. The Morgan fingerprint density at radius 1 is 1.12 bits per heavy atom. The summed E-state index contributed by atoms with van der Waals surface area (Å²) in [6.45, 7) is 3.65. The van der Waals surface area contributed by atoms with E-state index in [-0.39, 0.29) is 5.16 Å². The van der Waals surface area contributed by atoms with E-state index in [2.05, 4.69) is 10.2 Å². The van der Waals surface area contributed by atoms with Crippen molar-refractivity contribution in [1.82, 2.24) is 14.8 Å². The maximum Gasteiger partial charge on any atom is 0.254 e. The van der Waals surface area contributed by atoms with E-state index < -0.39 is 9.84 Å². The van der Waals surface area contributed by atoms with Crippen molar-refractivity contribution in [2.75, 3.05) is 6.26 Å². The van der Waals surface area contributed by atoms with Gasteiger partial charge in [-0.1, -0.05) is 18.2 Å². The number of aromatic nitrogens is 3. The van der Waals surface area contributed by atoms with Crippen LogP contribution in [0, 0.1) is 13.8 Å². The lowest BCUT2D eigenvalue weighted by Gasteiger charge is -2.09. The van der Waals surface area contributed by atoms with Gasteiger partial charge in [-0.25, -0.2) is 8.42 Å². The standard InChI is InChI=1S/C11H13N3O2S/c1-8-6-4-5-7-10(8)14-9(2)12-13-11(14)17(3,15)16/h4-7H,1-3H3. The molecule has 5 nitrogen and oxygen atoms in total. The summed E-state index contributed by atoms with van der Waals surface area (Å²) in [5.74, 6) is 0.555. The van der Waals surface area contributed by atoms with Crippen LogP contribution in [0.1, 0.15) is 11.4 Å². The highest BCUT2D eigenvalue weighted by Crippen LogP contribution is 2.19. The van der Waals surface area contributed by atoms with Gasteiger partial charge in [0.15, 0.2) is 0 Å². The third-order valence-electron chi connectivity index (χ3n) is 2.48. The average Bonchev–Trinajstić information content (AvgIpc) is 2.60. The molecule has 1 aromatic heterocycles. The summed E-state index contributed by atoms with van der Waals surface area (Å²) < 4.78 is 24.8. The summed E-state index contributed by atoms with van der Waals surface area (Å²) in [4.78, 5) is 0. The Morgan fingerprint density at radius 3 is 2.35 bits per heavy atom. The molecule has 0 aliphatic rings. The van der Waals surface area contributed by atoms with Gasteiger partial charge in [0.05, 0.1) is 5.69 Å². The lowest BCUT2D eigenvalue weighted by atomic mass is 10.2. The second-order valence-electron chi connectivity index (χ2n) is 3.92. The second-order valence-corrected chi connectivity index (χ2v) is 5.83. The zero-order valence-electron chi connectivity index (χ0n) is 9.88. The maximum absolute atomic E-state index is 11.6. The van der Waals surface area contributed by atoms with Crippen LogP contribution in [0.4, 0.5) is 0 Å². The van der Waals surface area contributed by atoms with Gasteiger partial charge >= 0.3 is 0 Å². The predicted octanol–water partition coefficient (Wildman–Crippen LogP) is 1.29. The molecule has 6 heteroatoms. The summed E-state index contributed by atoms with van der Waals surface area (Å²) >= 11 is 0. The number of benzene rings is 1. The van der Waals surface area contributed by atoms with Gasteiger partial charge in [-0.2, -0.15) is 0 Å². The van der Waals surface area contributed by atoms with E-state index in [0.717, 1.165) is 17.5 Å². The fourth-order valence-electron chi connectivity index (χ4n) is 1.67. The third-order valence-corrected chi connectivity index (χ3v) is 3.41. The molecule has 0 atom stereocenters. The highest BCUT2D eigenvalue weighted by atomic mass is 32.2. The van der Waals surface area contributed by atoms with Crippen LogP contribution >= 0.6 is 0 Å². The first-order valence-corrected chi connectivity index (χ1v) is 6.98. The van der Waals surface area contributed by atoms with Crippen LogP contribution in [0.25, 0.3) is 5.69 Å². The Bertz CT molecular complexity index is 659. The first-order chi connectivity index (χ1) is 7.91. The van der Waals surface area contributed by atoms with Crippen LogP contribution in [0.15, 0.2) is 29.4 Å². The number of hydrogen-bond acceptors (Lipinski definition) is 4. The molecule has 2 aromatic rings. The maximum atomic E-state index is 11.6. The minimum Gasteiger partial charge on any atom is -0.270 e. The molecule has 17 heavy (non-hydrogen) atoms. The van der Waals surface area contributed by atoms with Crippen LogP contribution in [-0.4, -0.2) is 29.4 Å². The summed E-state index contributed by atoms with van der Waals surface area (Å²) in [5, 5.41) is 7.54. The fourth-order valence-corrected chi connectivity index (χ4v) is 2.43. The van der Waals surface area contributed by atoms with Crippen molar-refractivity contribution in [3.63, 3.8) is 0 Å². The SMILES string of the molecule is Cc1ccccc1-n1c(C)nnc1S(C)(=O)=O. The summed E-state index contributed by atoms with van der Waals surface area (Å²) in [5.41, 5.74) is 1.76. The average molecular weight is 251 g/mol. The van der Waals surface area contributed by atoms with E-state index in [1.54, 1.807) is 11.5 Å². The molecule has 0 spiro atoms. The molecule has 1 heterocycles. The number of nitrogens with zero attached hydrogens (tertiary/aromatic N) is 3. The van der Waals surface area contributed by atoms with E-state index in [1.807, 2.05) is 31.2 Å². The minimum atomic E-state index is -3.39. The molecule has 2 rings (SSSR count). The molecular weight excluding hydrogens is 238 g/mol. The lowest BCUT2D eigenvalue weighted by Crippen LogP contribution is -2.09. The van der Waals surface area contributed by atoms with Gasteiger partial charge in [0.25, 0.3) is 5.16 Å². The zero-order valence-corrected chi connectivity index (χ0v) is 10.7. The first-order valence-electron chi connectivity index (χ1n) is 5.09. The van der Waals surface area contributed by atoms with Crippen LogP contribution in [-0.2, 0) is 9.84 Å². The highest BCUT2D eigenvalue weighted by Gasteiger charge is 2.20. The topological polar surface area (TPSA) is 64.8 Å². The van der Waals surface area contributed by atoms with E-state index in [4.69, 9.17) is 0 Å². The third kappa shape index (κ3) is 2.08. The van der Waals surface area contributed by atoms with E-state index >= 15 is 0 Å². The molecule has 0 bridgehead atoms. The smallest absolute Gasteiger partial charge is 0.254 e. The molecule has 0 amide bonds. The Kier molecular flexibility index (Phi) is 2.74. The minimum absolute atomic E-state index is 0.0238. The van der Waals surface area contributed by atoms with Gasteiger partial charge in [-0.15, -0.1) is 10.2 Å².